The zero-order valence-corrected chi connectivity index (χ0v) is 39.4. The van der Waals surface area contributed by atoms with Crippen LogP contribution in [0.3, 0.4) is 0 Å². The van der Waals surface area contributed by atoms with Crippen LogP contribution in [-0.2, 0) is 23.9 Å². The Balaban J connectivity index is 1.09. The Morgan fingerprint density at radius 2 is 1.78 bits per heavy atom. The van der Waals surface area contributed by atoms with Gasteiger partial charge < -0.3 is 44.9 Å². The number of amides is 3. The molecule has 64 heavy (non-hydrogen) atoms. The molecule has 3 saturated carbocycles. The molecular weight excluding hydrogens is 862 g/mol. The Morgan fingerprint density at radius 1 is 1.02 bits per heavy atom. The van der Waals surface area contributed by atoms with Crippen LogP contribution in [0, 0.1) is 23.2 Å². The summed E-state index contributed by atoms with van der Waals surface area (Å²) in [5.74, 6) is -0.381. The van der Waals surface area contributed by atoms with Crippen LogP contribution in [0.15, 0.2) is 23.6 Å². The van der Waals surface area contributed by atoms with Crippen molar-refractivity contribution >= 4 is 62.8 Å². The van der Waals surface area contributed by atoms with Crippen molar-refractivity contribution in [3.05, 3.63) is 28.6 Å². The fourth-order valence-corrected chi connectivity index (χ4v) is 10.9. The van der Waals surface area contributed by atoms with Gasteiger partial charge in [-0.2, -0.15) is 0 Å². The van der Waals surface area contributed by atoms with E-state index in [9.17, 15) is 24.3 Å². The summed E-state index contributed by atoms with van der Waals surface area (Å²) < 4.78 is 24.4. The average Bonchev–Trinajstić information content (AvgIpc) is 3.72. The van der Waals surface area contributed by atoms with Gasteiger partial charge in [0.05, 0.1) is 23.9 Å². The van der Waals surface area contributed by atoms with Gasteiger partial charge in [0.1, 0.15) is 58.7 Å². The van der Waals surface area contributed by atoms with Crippen LogP contribution in [0.25, 0.3) is 22.3 Å². The van der Waals surface area contributed by atoms with Gasteiger partial charge in [-0.15, -0.1) is 11.3 Å². The molecule has 5 aliphatic rings. The number of rotatable bonds is 17. The number of pyridine rings is 1. The maximum absolute atomic E-state index is 14.8. The number of anilines is 1. The topological polar surface area (TPSA) is 194 Å². The quantitative estimate of drug-likeness (QED) is 0.113. The van der Waals surface area contributed by atoms with Gasteiger partial charge in [0, 0.05) is 56.0 Å². The fourth-order valence-electron chi connectivity index (χ4n) is 9.75. The Kier molecular flexibility index (Phi) is 13.3. The minimum atomic E-state index is -1.42. The van der Waals surface area contributed by atoms with Gasteiger partial charge in [0.2, 0.25) is 11.8 Å². The lowest BCUT2D eigenvalue weighted by Gasteiger charge is -2.35. The SMILES string of the molecule is CCC1CC1(NC(=O)C1CC(Oc2cc(-c3csc(NC(C)C)n3)nc3c(Cl)c(OCCN4CCC(OC)C4)ccc23)CN1C(=O)C(NC(=O)OC1CC2CC2C1)C(C)(C)C)C(=O)O. The maximum Gasteiger partial charge on any atom is 0.408 e. The molecule has 2 saturated heterocycles. The highest BCUT2D eigenvalue weighted by Crippen LogP contribution is 2.52. The third kappa shape index (κ3) is 9.87. The van der Waals surface area contributed by atoms with Crippen molar-refractivity contribution in [3.63, 3.8) is 0 Å². The summed E-state index contributed by atoms with van der Waals surface area (Å²) in [4.78, 5) is 68.6. The molecule has 1 aromatic carbocycles. The summed E-state index contributed by atoms with van der Waals surface area (Å²) >= 11 is 8.57. The van der Waals surface area contributed by atoms with E-state index in [0.29, 0.717) is 76.6 Å². The van der Waals surface area contributed by atoms with E-state index in [2.05, 4.69) is 20.9 Å². The fraction of sp³-hybridized carbons (Fsp3) is 0.652. The van der Waals surface area contributed by atoms with Gasteiger partial charge in [-0.05, 0) is 81.3 Å². The number of hydrogen-bond acceptors (Lipinski definition) is 13. The van der Waals surface area contributed by atoms with E-state index in [1.165, 1.54) is 22.7 Å². The number of carbonyl (C=O) groups excluding carboxylic acids is 3. The van der Waals surface area contributed by atoms with Gasteiger partial charge in [-0.1, -0.05) is 45.7 Å². The molecule has 0 radical (unpaired) electrons. The number of carboxylic acids is 1. The first kappa shape index (κ1) is 46.1. The third-order valence-electron chi connectivity index (χ3n) is 13.6. The minimum Gasteiger partial charge on any atom is -0.491 e. The number of hydrogen-bond donors (Lipinski definition) is 4. The number of alkyl carbamates (subject to hydrolysis) is 1. The van der Waals surface area contributed by atoms with Crippen molar-refractivity contribution < 1.29 is 43.2 Å². The number of benzene rings is 1. The summed E-state index contributed by atoms with van der Waals surface area (Å²) in [7, 11) is 1.73. The maximum atomic E-state index is 14.8. The number of carbonyl (C=O) groups is 4. The number of methoxy groups -OCH3 is 1. The molecule has 5 fully saturated rings. The number of aromatic nitrogens is 2. The molecule has 3 amide bonds. The van der Waals surface area contributed by atoms with E-state index in [-0.39, 0.29) is 37.1 Å². The molecule has 348 valence electrons. The second-order valence-corrected chi connectivity index (χ2v) is 20.9. The molecule has 16 nitrogen and oxygen atoms in total. The van der Waals surface area contributed by atoms with Crippen LogP contribution < -0.4 is 25.4 Å². The zero-order valence-electron chi connectivity index (χ0n) is 37.8. The number of thiazole rings is 1. The second kappa shape index (κ2) is 18.4. The van der Waals surface area contributed by atoms with Gasteiger partial charge in [-0.3, -0.25) is 14.5 Å². The van der Waals surface area contributed by atoms with E-state index in [1.54, 1.807) is 19.2 Å². The van der Waals surface area contributed by atoms with Gasteiger partial charge >= 0.3 is 12.1 Å². The lowest BCUT2D eigenvalue weighted by molar-refractivity contribution is -0.146. The van der Waals surface area contributed by atoms with Crippen molar-refractivity contribution in [3.8, 4) is 22.9 Å². The summed E-state index contributed by atoms with van der Waals surface area (Å²) in [5.41, 5.74) is -0.687. The average molecular weight is 925 g/mol. The molecule has 3 aliphatic carbocycles. The molecular formula is C46H62ClN7O9S. The highest BCUT2D eigenvalue weighted by molar-refractivity contribution is 7.14. The molecule has 0 bridgehead atoms. The summed E-state index contributed by atoms with van der Waals surface area (Å²) in [5, 5.41) is 22.8. The first-order valence-electron chi connectivity index (χ1n) is 22.7. The molecule has 3 aromatic rings. The standard InChI is InChI=1S/C46H62ClN7O9S/c1-8-27-20-46(27,42(57)58)52-40(55)34-18-30(22-54(34)41(56)39(45(4,5)6)51-44(59)63-29-16-25-15-26(25)17-29)62-36-19-32(33-23-64-43(50-33)48-24(2)3)49-38-31(36)9-10-35(37(38)47)61-14-13-53-12-11-28(21-53)60-7/h9-10,19,23-30,34,39H,8,11-18,20-22H2,1-7H3,(H,48,50)(H,51,59)(H,52,55)(H,57,58). The van der Waals surface area contributed by atoms with E-state index < -0.39 is 53.0 Å². The molecule has 8 rings (SSSR count). The monoisotopic (exact) mass is 923 g/mol. The molecule has 4 N–H and O–H groups in total. The van der Waals surface area contributed by atoms with Crippen LogP contribution in [0.4, 0.5) is 9.93 Å². The van der Waals surface area contributed by atoms with Crippen molar-refractivity contribution in [1.82, 2.24) is 30.4 Å². The van der Waals surface area contributed by atoms with Crippen LogP contribution in [0.5, 0.6) is 11.5 Å². The first-order chi connectivity index (χ1) is 30.5. The zero-order chi connectivity index (χ0) is 45.7. The summed E-state index contributed by atoms with van der Waals surface area (Å²) in [6.07, 6.45) is 3.29. The number of fused-ring (bicyclic) bond motifs is 2. The molecule has 4 heterocycles. The number of likely N-dealkylation sites (tertiary alicyclic amines) is 2. The van der Waals surface area contributed by atoms with Gasteiger partial charge in [-0.25, -0.2) is 19.6 Å². The van der Waals surface area contributed by atoms with E-state index >= 15 is 0 Å². The number of nitrogens with zero attached hydrogens (tertiary/aromatic N) is 4. The smallest absolute Gasteiger partial charge is 0.408 e. The normalized spacial score (nSPS) is 27.9. The Hall–Kier alpha value is -4.45. The summed E-state index contributed by atoms with van der Waals surface area (Å²) in [6, 6.07) is 3.38. The first-order valence-corrected chi connectivity index (χ1v) is 23.9. The van der Waals surface area contributed by atoms with Crippen molar-refractivity contribution in [2.45, 2.75) is 128 Å². The van der Waals surface area contributed by atoms with Crippen LogP contribution in [0.2, 0.25) is 5.02 Å². The number of halogens is 1. The Morgan fingerprint density at radius 3 is 2.44 bits per heavy atom. The largest absolute Gasteiger partial charge is 0.491 e. The summed E-state index contributed by atoms with van der Waals surface area (Å²) in [6.45, 7) is 14.3. The van der Waals surface area contributed by atoms with Gasteiger partial charge in [0.25, 0.3) is 0 Å². The van der Waals surface area contributed by atoms with Crippen molar-refractivity contribution in [2.24, 2.45) is 23.2 Å². The Bertz CT molecular complexity index is 2240. The lowest BCUT2D eigenvalue weighted by Crippen LogP contribution is -2.59. The molecule has 2 aromatic heterocycles. The number of nitrogens with one attached hydrogen (secondary N) is 3. The predicted molar refractivity (Wildman–Crippen MR) is 243 cm³/mol. The highest BCUT2D eigenvalue weighted by Gasteiger charge is 2.61. The third-order valence-corrected chi connectivity index (χ3v) is 14.7. The van der Waals surface area contributed by atoms with Crippen LogP contribution >= 0.6 is 22.9 Å². The van der Waals surface area contributed by atoms with Crippen molar-refractivity contribution in [1.29, 1.82) is 0 Å². The highest BCUT2D eigenvalue weighted by atomic mass is 35.5. The predicted octanol–water partition coefficient (Wildman–Crippen LogP) is 6.59. The van der Waals surface area contributed by atoms with Crippen molar-refractivity contribution in [2.75, 3.05) is 45.2 Å². The van der Waals surface area contributed by atoms with Crippen LogP contribution in [-0.4, -0.2) is 131 Å². The molecule has 8 unspecified atom stereocenters. The van der Waals surface area contributed by atoms with Gasteiger partial charge in [0.15, 0.2) is 5.13 Å². The number of ether oxygens (including phenoxy) is 4. The molecule has 0 spiro atoms. The number of carboxylic acid groups (broad SMARTS) is 1. The van der Waals surface area contributed by atoms with Crippen LogP contribution in [0.1, 0.15) is 86.5 Å². The minimum absolute atomic E-state index is 0.0306. The molecule has 8 atom stereocenters. The molecule has 2 aliphatic heterocycles. The van der Waals surface area contributed by atoms with E-state index in [0.717, 1.165) is 37.5 Å². The Labute approximate surface area is 383 Å². The lowest BCUT2D eigenvalue weighted by atomic mass is 9.85. The van der Waals surface area contributed by atoms with E-state index in [1.807, 2.05) is 53.0 Å². The molecule has 18 heteroatoms. The number of aliphatic carboxylic acids is 1. The second-order valence-electron chi connectivity index (χ2n) is 19.7. The van der Waals surface area contributed by atoms with E-state index in [4.69, 9.17) is 40.5 Å².